The van der Waals surface area contributed by atoms with Gasteiger partial charge in [0.2, 0.25) is 5.96 Å². The van der Waals surface area contributed by atoms with Crippen LogP contribution < -0.4 is 16.6 Å². The fourth-order valence-electron chi connectivity index (χ4n) is 1.63. The van der Waals surface area contributed by atoms with E-state index >= 15 is 0 Å². The number of hydrogen-bond acceptors (Lipinski definition) is 4. The first-order chi connectivity index (χ1) is 8.11. The van der Waals surface area contributed by atoms with Gasteiger partial charge in [-0.25, -0.2) is 5.84 Å². The van der Waals surface area contributed by atoms with Crippen molar-refractivity contribution in [2.24, 2.45) is 16.8 Å². The highest BCUT2D eigenvalue weighted by Crippen LogP contribution is 2.01. The molecule has 0 aromatic rings. The zero-order valence-electron chi connectivity index (χ0n) is 11.1. The first kappa shape index (κ1) is 14.2. The first-order valence-corrected chi connectivity index (χ1v) is 6.17. The van der Waals surface area contributed by atoms with E-state index in [2.05, 4.69) is 41.5 Å². The number of hydrogen-bond donors (Lipinski definition) is 3. The topological polar surface area (TPSA) is 74.9 Å². The van der Waals surface area contributed by atoms with Gasteiger partial charge in [-0.15, -0.1) is 0 Å². The van der Waals surface area contributed by atoms with Crippen molar-refractivity contribution in [1.29, 1.82) is 0 Å². The summed E-state index contributed by atoms with van der Waals surface area (Å²) < 4.78 is 5.64. The van der Waals surface area contributed by atoms with E-state index in [0.717, 1.165) is 32.8 Å². The number of hydrazine groups is 1. The molecule has 0 spiro atoms. The SMILES string of the molecule is CC(C)CN=C(NN)NCC1CN(C)CCO1. The van der Waals surface area contributed by atoms with Crippen molar-refractivity contribution in [3.63, 3.8) is 0 Å². The number of aliphatic imine (C=N–C) groups is 1. The van der Waals surface area contributed by atoms with Crippen LogP contribution in [0.2, 0.25) is 0 Å². The zero-order chi connectivity index (χ0) is 12.7. The van der Waals surface area contributed by atoms with Crippen LogP contribution in [0.25, 0.3) is 0 Å². The number of guanidine groups is 1. The van der Waals surface area contributed by atoms with Gasteiger partial charge in [0.15, 0.2) is 0 Å². The van der Waals surface area contributed by atoms with Gasteiger partial charge in [-0.05, 0) is 13.0 Å². The van der Waals surface area contributed by atoms with Gasteiger partial charge in [-0.3, -0.25) is 10.4 Å². The second-order valence-electron chi connectivity index (χ2n) is 4.86. The maximum atomic E-state index is 5.64. The number of nitrogens with zero attached hydrogens (tertiary/aromatic N) is 2. The molecule has 0 bridgehead atoms. The van der Waals surface area contributed by atoms with E-state index in [1.54, 1.807) is 0 Å². The van der Waals surface area contributed by atoms with Gasteiger partial charge in [0.1, 0.15) is 0 Å². The molecule has 1 rings (SSSR count). The van der Waals surface area contributed by atoms with Crippen LogP contribution in [0, 0.1) is 5.92 Å². The van der Waals surface area contributed by atoms with Crippen molar-refractivity contribution in [2.75, 3.05) is 39.8 Å². The van der Waals surface area contributed by atoms with Gasteiger partial charge in [0, 0.05) is 26.2 Å². The summed E-state index contributed by atoms with van der Waals surface area (Å²) in [5.41, 5.74) is 2.58. The number of morpholine rings is 1. The van der Waals surface area contributed by atoms with Gasteiger partial charge < -0.3 is 15.0 Å². The smallest absolute Gasteiger partial charge is 0.205 e. The molecule has 0 aliphatic carbocycles. The molecule has 0 saturated carbocycles. The molecule has 1 heterocycles. The summed E-state index contributed by atoms with van der Waals surface area (Å²) in [6, 6.07) is 0. The van der Waals surface area contributed by atoms with Crippen molar-refractivity contribution in [3.8, 4) is 0 Å². The minimum absolute atomic E-state index is 0.200. The third-order valence-corrected chi connectivity index (χ3v) is 2.59. The molecule has 0 aromatic heterocycles. The number of nitrogens with one attached hydrogen (secondary N) is 2. The molecule has 1 unspecified atom stereocenters. The molecule has 1 atom stereocenters. The van der Waals surface area contributed by atoms with Crippen LogP contribution in [0.3, 0.4) is 0 Å². The summed E-state index contributed by atoms with van der Waals surface area (Å²) in [5, 5.41) is 3.18. The highest BCUT2D eigenvalue weighted by atomic mass is 16.5. The number of likely N-dealkylation sites (N-methyl/N-ethyl adjacent to an activating group) is 1. The lowest BCUT2D eigenvalue weighted by Gasteiger charge is -2.30. The van der Waals surface area contributed by atoms with E-state index in [9.17, 15) is 0 Å². The Bertz CT molecular complexity index is 244. The molecule has 1 aliphatic rings. The Morgan fingerprint density at radius 2 is 2.35 bits per heavy atom. The van der Waals surface area contributed by atoms with E-state index in [1.807, 2.05) is 0 Å². The number of ether oxygens (including phenoxy) is 1. The van der Waals surface area contributed by atoms with Crippen LogP contribution in [0.4, 0.5) is 0 Å². The fourth-order valence-corrected chi connectivity index (χ4v) is 1.63. The van der Waals surface area contributed by atoms with E-state index in [1.165, 1.54) is 0 Å². The summed E-state index contributed by atoms with van der Waals surface area (Å²) in [7, 11) is 2.10. The Hall–Kier alpha value is -0.850. The van der Waals surface area contributed by atoms with E-state index in [4.69, 9.17) is 10.6 Å². The minimum atomic E-state index is 0.200. The maximum absolute atomic E-state index is 5.64. The molecule has 6 nitrogen and oxygen atoms in total. The predicted molar refractivity (Wildman–Crippen MR) is 69.7 cm³/mol. The predicted octanol–water partition coefficient (Wildman–Crippen LogP) is -0.618. The van der Waals surface area contributed by atoms with Gasteiger partial charge in [-0.2, -0.15) is 0 Å². The molecule has 4 N–H and O–H groups in total. The van der Waals surface area contributed by atoms with Crippen LogP contribution in [0.5, 0.6) is 0 Å². The third kappa shape index (κ3) is 5.86. The monoisotopic (exact) mass is 243 g/mol. The van der Waals surface area contributed by atoms with Gasteiger partial charge in [0.05, 0.1) is 12.7 Å². The molecule has 100 valence electrons. The van der Waals surface area contributed by atoms with Crippen molar-refractivity contribution in [3.05, 3.63) is 0 Å². The lowest BCUT2D eigenvalue weighted by Crippen LogP contribution is -2.49. The molecule has 17 heavy (non-hydrogen) atoms. The fraction of sp³-hybridized carbons (Fsp3) is 0.909. The van der Waals surface area contributed by atoms with Gasteiger partial charge in [0.25, 0.3) is 0 Å². The van der Waals surface area contributed by atoms with E-state index in [-0.39, 0.29) is 6.10 Å². The Balaban J connectivity index is 2.29. The van der Waals surface area contributed by atoms with E-state index < -0.39 is 0 Å². The minimum Gasteiger partial charge on any atom is -0.374 e. The molecule has 6 heteroatoms. The maximum Gasteiger partial charge on any atom is 0.205 e. The zero-order valence-corrected chi connectivity index (χ0v) is 11.1. The van der Waals surface area contributed by atoms with Crippen molar-refractivity contribution < 1.29 is 4.74 Å². The molecular formula is C11H25N5O. The lowest BCUT2D eigenvalue weighted by molar-refractivity contribution is -0.0161. The van der Waals surface area contributed by atoms with Crippen LogP contribution in [-0.4, -0.2) is 56.8 Å². The normalized spacial score (nSPS) is 22.9. The molecule has 1 saturated heterocycles. The third-order valence-electron chi connectivity index (χ3n) is 2.59. The van der Waals surface area contributed by atoms with Crippen molar-refractivity contribution >= 4 is 5.96 Å². The summed E-state index contributed by atoms with van der Waals surface area (Å²) >= 11 is 0. The summed E-state index contributed by atoms with van der Waals surface area (Å²) in [5.74, 6) is 6.57. The van der Waals surface area contributed by atoms with Crippen LogP contribution in [-0.2, 0) is 4.74 Å². The van der Waals surface area contributed by atoms with E-state index in [0.29, 0.717) is 11.9 Å². The Morgan fingerprint density at radius 3 is 2.94 bits per heavy atom. The van der Waals surface area contributed by atoms with Crippen LogP contribution in [0.15, 0.2) is 4.99 Å². The summed E-state index contributed by atoms with van der Waals surface area (Å²) in [6.45, 7) is 8.46. The standard InChI is InChI=1S/C11H25N5O/c1-9(2)6-13-11(15-12)14-7-10-8-16(3)4-5-17-10/h9-10H,4-8,12H2,1-3H3,(H2,13,14,15). The van der Waals surface area contributed by atoms with Gasteiger partial charge >= 0.3 is 0 Å². The van der Waals surface area contributed by atoms with Gasteiger partial charge in [-0.1, -0.05) is 13.8 Å². The average molecular weight is 243 g/mol. The van der Waals surface area contributed by atoms with Crippen LogP contribution in [0.1, 0.15) is 13.8 Å². The Labute approximate surface area is 104 Å². The lowest BCUT2D eigenvalue weighted by atomic mass is 10.2. The van der Waals surface area contributed by atoms with Crippen LogP contribution >= 0.6 is 0 Å². The number of rotatable bonds is 4. The second kappa shape index (κ2) is 7.47. The Morgan fingerprint density at radius 1 is 1.59 bits per heavy atom. The molecule has 0 aromatic carbocycles. The molecule has 1 fully saturated rings. The molecule has 0 amide bonds. The summed E-state index contributed by atoms with van der Waals surface area (Å²) in [4.78, 5) is 6.61. The average Bonchev–Trinajstić information content (AvgIpc) is 2.29. The van der Waals surface area contributed by atoms with Crippen molar-refractivity contribution in [1.82, 2.24) is 15.6 Å². The molecular weight excluding hydrogens is 218 g/mol. The highest BCUT2D eigenvalue weighted by molar-refractivity contribution is 5.79. The second-order valence-corrected chi connectivity index (χ2v) is 4.86. The largest absolute Gasteiger partial charge is 0.374 e. The first-order valence-electron chi connectivity index (χ1n) is 6.17. The number of nitrogens with two attached hydrogens (primary N) is 1. The molecule has 1 aliphatic heterocycles. The molecule has 0 radical (unpaired) electrons. The quantitative estimate of drug-likeness (QED) is 0.266. The summed E-state index contributed by atoms with van der Waals surface area (Å²) in [6.07, 6.45) is 0.200. The van der Waals surface area contributed by atoms with Crippen molar-refractivity contribution in [2.45, 2.75) is 20.0 Å². The Kier molecular flexibility index (Phi) is 6.25. The highest BCUT2D eigenvalue weighted by Gasteiger charge is 2.17.